The Morgan fingerprint density at radius 1 is 0.931 bits per heavy atom. The molecule has 0 aliphatic carbocycles. The molecule has 0 aromatic heterocycles. The van der Waals surface area contributed by atoms with Gasteiger partial charge < -0.3 is 10.1 Å². The molecular formula is C23H19F2NO3. The van der Waals surface area contributed by atoms with Crippen molar-refractivity contribution in [2.45, 2.75) is 20.0 Å². The van der Waals surface area contributed by atoms with Gasteiger partial charge in [-0.1, -0.05) is 42.5 Å². The zero-order valence-electron chi connectivity index (χ0n) is 15.9. The summed E-state index contributed by atoms with van der Waals surface area (Å²) in [6.45, 7) is 3.73. The van der Waals surface area contributed by atoms with Crippen LogP contribution in [0.2, 0.25) is 0 Å². The SMILES string of the molecule is Cc1ccc(C)c(NC(=O)[C@H](OC(=O)c2ccc(F)cc2F)c2ccccc2)c1. The lowest BCUT2D eigenvalue weighted by atomic mass is 10.1. The second-order valence-corrected chi connectivity index (χ2v) is 6.63. The van der Waals surface area contributed by atoms with Gasteiger partial charge in [0.2, 0.25) is 6.10 Å². The smallest absolute Gasteiger partial charge is 0.342 e. The summed E-state index contributed by atoms with van der Waals surface area (Å²) in [6, 6.07) is 16.5. The minimum Gasteiger partial charge on any atom is -0.444 e. The Bertz CT molecular complexity index is 1050. The number of hydrogen-bond acceptors (Lipinski definition) is 3. The number of ether oxygens (including phenoxy) is 1. The summed E-state index contributed by atoms with van der Waals surface area (Å²) in [5, 5.41) is 2.76. The van der Waals surface area contributed by atoms with E-state index in [1.807, 2.05) is 26.0 Å². The highest BCUT2D eigenvalue weighted by Crippen LogP contribution is 2.24. The van der Waals surface area contributed by atoms with E-state index in [2.05, 4.69) is 5.32 Å². The molecule has 0 fully saturated rings. The van der Waals surface area contributed by atoms with Crippen LogP contribution < -0.4 is 5.32 Å². The molecular weight excluding hydrogens is 376 g/mol. The molecule has 0 spiro atoms. The molecule has 1 atom stereocenters. The third-order valence-electron chi connectivity index (χ3n) is 4.37. The topological polar surface area (TPSA) is 55.4 Å². The standard InChI is InChI=1S/C23H19F2NO3/c1-14-8-9-15(2)20(12-14)26-22(27)21(16-6-4-3-5-7-16)29-23(28)18-11-10-17(24)13-19(18)25/h3-13,21H,1-2H3,(H,26,27)/t21-/m1/s1. The quantitative estimate of drug-likeness (QED) is 0.610. The van der Waals surface area contributed by atoms with Crippen LogP contribution in [0.5, 0.6) is 0 Å². The van der Waals surface area contributed by atoms with E-state index < -0.39 is 35.2 Å². The maximum atomic E-state index is 14.0. The lowest BCUT2D eigenvalue weighted by Gasteiger charge is -2.19. The van der Waals surface area contributed by atoms with Gasteiger partial charge in [-0.25, -0.2) is 13.6 Å². The summed E-state index contributed by atoms with van der Waals surface area (Å²) < 4.78 is 32.4. The Labute approximate surface area is 167 Å². The first-order chi connectivity index (χ1) is 13.8. The maximum Gasteiger partial charge on any atom is 0.342 e. The maximum absolute atomic E-state index is 14.0. The minimum atomic E-state index is -1.31. The molecule has 0 saturated carbocycles. The molecule has 148 valence electrons. The summed E-state index contributed by atoms with van der Waals surface area (Å²) in [4.78, 5) is 25.4. The van der Waals surface area contributed by atoms with E-state index in [9.17, 15) is 18.4 Å². The molecule has 3 rings (SSSR count). The Balaban J connectivity index is 1.89. The van der Waals surface area contributed by atoms with Crippen LogP contribution >= 0.6 is 0 Å². The van der Waals surface area contributed by atoms with Crippen LogP contribution in [-0.4, -0.2) is 11.9 Å². The first-order valence-corrected chi connectivity index (χ1v) is 8.94. The first-order valence-electron chi connectivity index (χ1n) is 8.94. The fourth-order valence-electron chi connectivity index (χ4n) is 2.80. The number of rotatable bonds is 5. The van der Waals surface area contributed by atoms with E-state index >= 15 is 0 Å². The Morgan fingerprint density at radius 3 is 2.34 bits per heavy atom. The highest BCUT2D eigenvalue weighted by molar-refractivity contribution is 5.98. The number of hydrogen-bond donors (Lipinski definition) is 1. The van der Waals surface area contributed by atoms with Crippen LogP contribution in [-0.2, 0) is 9.53 Å². The van der Waals surface area contributed by atoms with Crippen LogP contribution in [0.1, 0.15) is 33.2 Å². The van der Waals surface area contributed by atoms with Crippen LogP contribution in [0, 0.1) is 25.5 Å². The number of benzene rings is 3. The second-order valence-electron chi connectivity index (χ2n) is 6.63. The van der Waals surface area contributed by atoms with Crippen molar-refractivity contribution in [1.82, 2.24) is 0 Å². The number of esters is 1. The van der Waals surface area contributed by atoms with E-state index in [4.69, 9.17) is 4.74 Å². The summed E-state index contributed by atoms with van der Waals surface area (Å²) >= 11 is 0. The molecule has 1 N–H and O–H groups in total. The average Bonchev–Trinajstić information content (AvgIpc) is 2.69. The van der Waals surface area contributed by atoms with Crippen LogP contribution in [0.4, 0.5) is 14.5 Å². The normalized spacial score (nSPS) is 11.6. The Morgan fingerprint density at radius 2 is 1.66 bits per heavy atom. The molecule has 3 aromatic carbocycles. The van der Waals surface area contributed by atoms with Gasteiger partial charge in [-0.2, -0.15) is 0 Å². The lowest BCUT2D eigenvalue weighted by Crippen LogP contribution is -2.26. The van der Waals surface area contributed by atoms with Crippen molar-refractivity contribution in [3.8, 4) is 0 Å². The molecule has 0 aliphatic heterocycles. The van der Waals surface area contributed by atoms with Gasteiger partial charge in [0.05, 0.1) is 5.56 Å². The predicted octanol–water partition coefficient (Wildman–Crippen LogP) is 5.12. The predicted molar refractivity (Wildman–Crippen MR) is 106 cm³/mol. The Kier molecular flexibility index (Phi) is 6.02. The molecule has 3 aromatic rings. The van der Waals surface area contributed by atoms with E-state index in [1.165, 1.54) is 0 Å². The summed E-state index contributed by atoms with van der Waals surface area (Å²) in [7, 11) is 0. The van der Waals surface area contributed by atoms with E-state index in [-0.39, 0.29) is 0 Å². The second kappa shape index (κ2) is 8.65. The Hall–Kier alpha value is -3.54. The van der Waals surface area contributed by atoms with Gasteiger partial charge in [-0.05, 0) is 43.2 Å². The average molecular weight is 395 g/mol. The summed E-state index contributed by atoms with van der Waals surface area (Å²) in [6.07, 6.45) is -1.31. The van der Waals surface area contributed by atoms with Gasteiger partial charge in [-0.3, -0.25) is 4.79 Å². The van der Waals surface area contributed by atoms with Crippen molar-refractivity contribution >= 4 is 17.6 Å². The number of carbonyl (C=O) groups is 2. The molecule has 6 heteroatoms. The van der Waals surface area contributed by atoms with Crippen molar-refractivity contribution < 1.29 is 23.1 Å². The first kappa shape index (κ1) is 20.2. The fraction of sp³-hybridized carbons (Fsp3) is 0.130. The summed E-state index contributed by atoms with van der Waals surface area (Å²) in [5.74, 6) is -3.52. The molecule has 0 aliphatic rings. The molecule has 0 radical (unpaired) electrons. The van der Waals surface area contributed by atoms with Crippen molar-refractivity contribution in [3.63, 3.8) is 0 Å². The summed E-state index contributed by atoms with van der Waals surface area (Å²) in [5.41, 5.74) is 2.34. The van der Waals surface area contributed by atoms with E-state index in [1.54, 1.807) is 36.4 Å². The molecule has 29 heavy (non-hydrogen) atoms. The third-order valence-corrected chi connectivity index (χ3v) is 4.37. The molecule has 0 unspecified atom stereocenters. The van der Waals surface area contributed by atoms with Crippen molar-refractivity contribution in [3.05, 3.63) is 101 Å². The highest BCUT2D eigenvalue weighted by Gasteiger charge is 2.27. The van der Waals surface area contributed by atoms with Crippen molar-refractivity contribution in [2.75, 3.05) is 5.32 Å². The molecule has 0 saturated heterocycles. The van der Waals surface area contributed by atoms with Crippen LogP contribution in [0.25, 0.3) is 0 Å². The van der Waals surface area contributed by atoms with Crippen molar-refractivity contribution in [2.24, 2.45) is 0 Å². The lowest BCUT2D eigenvalue weighted by molar-refractivity contribution is -0.125. The number of carbonyl (C=O) groups excluding carboxylic acids is 2. The van der Waals surface area contributed by atoms with Gasteiger partial charge in [0.1, 0.15) is 11.6 Å². The number of nitrogens with one attached hydrogen (secondary N) is 1. The largest absolute Gasteiger partial charge is 0.444 e. The number of anilines is 1. The number of aryl methyl sites for hydroxylation is 2. The zero-order valence-corrected chi connectivity index (χ0v) is 15.9. The monoisotopic (exact) mass is 395 g/mol. The molecule has 0 heterocycles. The number of amides is 1. The van der Waals surface area contributed by atoms with Crippen LogP contribution in [0.15, 0.2) is 66.7 Å². The van der Waals surface area contributed by atoms with E-state index in [0.717, 1.165) is 23.3 Å². The minimum absolute atomic E-state index is 0.422. The molecule has 4 nitrogen and oxygen atoms in total. The molecule has 0 bridgehead atoms. The van der Waals surface area contributed by atoms with Gasteiger partial charge >= 0.3 is 5.97 Å². The highest BCUT2D eigenvalue weighted by atomic mass is 19.1. The van der Waals surface area contributed by atoms with Gasteiger partial charge in [0.15, 0.2) is 0 Å². The molecule has 1 amide bonds. The number of halogens is 2. The van der Waals surface area contributed by atoms with Gasteiger partial charge in [0.25, 0.3) is 5.91 Å². The fourth-order valence-corrected chi connectivity index (χ4v) is 2.80. The van der Waals surface area contributed by atoms with Crippen LogP contribution in [0.3, 0.4) is 0 Å². The van der Waals surface area contributed by atoms with Gasteiger partial charge in [0, 0.05) is 17.3 Å². The zero-order chi connectivity index (χ0) is 21.0. The van der Waals surface area contributed by atoms with Crippen molar-refractivity contribution in [1.29, 1.82) is 0 Å². The van der Waals surface area contributed by atoms with Gasteiger partial charge in [-0.15, -0.1) is 0 Å². The third kappa shape index (κ3) is 4.85. The van der Waals surface area contributed by atoms with E-state index in [0.29, 0.717) is 17.3 Å².